The smallest absolute Gasteiger partial charge is 0.335 e. The van der Waals surface area contributed by atoms with Crippen molar-refractivity contribution in [3.8, 4) is 11.3 Å². The molecule has 0 spiro atoms. The summed E-state index contributed by atoms with van der Waals surface area (Å²) in [5.74, 6) is 0.0702. The molecule has 1 fully saturated rings. The highest BCUT2D eigenvalue weighted by Crippen LogP contribution is 2.43. The lowest BCUT2D eigenvalue weighted by atomic mass is 10.0. The van der Waals surface area contributed by atoms with Crippen molar-refractivity contribution in [2.75, 3.05) is 4.90 Å². The number of carboxylic acids is 1. The molecular weight excluding hydrogens is 538 g/mol. The molecule has 170 valence electrons. The van der Waals surface area contributed by atoms with Crippen LogP contribution in [0.15, 0.2) is 87.9 Å². The van der Waals surface area contributed by atoms with Crippen LogP contribution in [-0.2, 0) is 0 Å². The number of carboxylic acid groups (broad SMARTS) is 1. The molecule has 1 aliphatic rings. The molecule has 0 saturated carbocycles. The number of nitrogens with zero attached hydrogens (tertiary/aromatic N) is 2. The van der Waals surface area contributed by atoms with Crippen molar-refractivity contribution in [3.63, 3.8) is 0 Å². The molecule has 0 unspecified atom stereocenters. The molecule has 4 aromatic rings. The maximum atomic E-state index is 11.5. The van der Waals surface area contributed by atoms with Gasteiger partial charge in [0.05, 0.1) is 22.3 Å². The van der Waals surface area contributed by atoms with Crippen molar-refractivity contribution in [2.45, 2.75) is 12.1 Å². The minimum absolute atomic E-state index is 0.129. The monoisotopic (exact) mass is 553 g/mol. The van der Waals surface area contributed by atoms with Gasteiger partial charge in [-0.2, -0.15) is 0 Å². The van der Waals surface area contributed by atoms with Crippen LogP contribution in [0, 0.1) is 0 Å². The van der Waals surface area contributed by atoms with E-state index < -0.39 is 5.97 Å². The number of halogens is 2. The summed E-state index contributed by atoms with van der Waals surface area (Å²) >= 11 is 15.6. The Morgan fingerprint density at radius 2 is 1.91 bits per heavy atom. The molecule has 1 saturated heterocycles. The van der Waals surface area contributed by atoms with Crippen molar-refractivity contribution in [3.05, 3.63) is 106 Å². The van der Waals surface area contributed by atoms with Gasteiger partial charge in [0, 0.05) is 21.9 Å². The van der Waals surface area contributed by atoms with Crippen LogP contribution in [0.5, 0.6) is 0 Å². The van der Waals surface area contributed by atoms with E-state index >= 15 is 0 Å². The van der Waals surface area contributed by atoms with Crippen LogP contribution < -0.4 is 10.2 Å². The number of aromatic carboxylic acids is 1. The van der Waals surface area contributed by atoms with Crippen molar-refractivity contribution in [1.29, 1.82) is 0 Å². The van der Waals surface area contributed by atoms with E-state index in [0.717, 1.165) is 15.9 Å². The zero-order valence-electron chi connectivity index (χ0n) is 17.5. The van der Waals surface area contributed by atoms with E-state index in [0.29, 0.717) is 27.2 Å². The predicted octanol–water partition coefficient (Wildman–Crippen LogP) is 6.63. The second-order valence-corrected chi connectivity index (χ2v) is 9.38. The van der Waals surface area contributed by atoms with Crippen molar-refractivity contribution in [1.82, 2.24) is 10.3 Å². The molecule has 3 heterocycles. The molecule has 1 aliphatic heterocycles. The summed E-state index contributed by atoms with van der Waals surface area (Å²) in [7, 11) is 0. The van der Waals surface area contributed by atoms with Crippen LogP contribution >= 0.6 is 39.7 Å². The third-order valence-corrected chi connectivity index (χ3v) is 6.77. The number of hydrogen-bond donors (Lipinski definition) is 2. The van der Waals surface area contributed by atoms with E-state index in [-0.39, 0.29) is 17.6 Å². The molecule has 0 radical (unpaired) electrons. The maximum Gasteiger partial charge on any atom is 0.335 e. The van der Waals surface area contributed by atoms with Gasteiger partial charge in [-0.15, -0.1) is 0 Å². The van der Waals surface area contributed by atoms with Crippen molar-refractivity contribution in [2.24, 2.45) is 0 Å². The summed E-state index contributed by atoms with van der Waals surface area (Å²) in [4.78, 5) is 18.0. The Kier molecular flexibility index (Phi) is 6.12. The van der Waals surface area contributed by atoms with Crippen LogP contribution in [0.25, 0.3) is 11.3 Å². The van der Waals surface area contributed by atoms with E-state index in [1.807, 2.05) is 53.4 Å². The molecule has 0 amide bonds. The quantitative estimate of drug-likeness (QED) is 0.268. The zero-order valence-corrected chi connectivity index (χ0v) is 20.6. The van der Waals surface area contributed by atoms with Gasteiger partial charge in [0.1, 0.15) is 17.6 Å². The molecule has 2 N–H and O–H groups in total. The minimum Gasteiger partial charge on any atom is -0.478 e. The first-order chi connectivity index (χ1) is 16.4. The standard InChI is InChI=1S/C25H17BrClN3O3S/c26-15-5-7-16(8-6-15)30-23(22(29-25(30)34)19-3-1-2-12-28-19)21-11-10-20(33-21)17-13-14(24(31)32)4-9-18(17)27/h1-13,22-23H,(H,29,34)(H,31,32)/t22-,23-/m0/s1. The number of carbonyl (C=O) groups is 1. The molecule has 6 nitrogen and oxygen atoms in total. The number of furan rings is 1. The summed E-state index contributed by atoms with van der Waals surface area (Å²) in [6.07, 6.45) is 1.74. The van der Waals surface area contributed by atoms with Gasteiger partial charge in [-0.25, -0.2) is 4.79 Å². The number of hydrogen-bond acceptors (Lipinski definition) is 4. The second kappa shape index (κ2) is 9.21. The lowest BCUT2D eigenvalue weighted by molar-refractivity contribution is 0.0697. The second-order valence-electron chi connectivity index (χ2n) is 7.67. The number of benzene rings is 2. The Hall–Kier alpha value is -3.20. The largest absolute Gasteiger partial charge is 0.478 e. The fourth-order valence-electron chi connectivity index (χ4n) is 4.03. The highest BCUT2D eigenvalue weighted by atomic mass is 79.9. The van der Waals surface area contributed by atoms with Crippen LogP contribution in [0.4, 0.5) is 5.69 Å². The predicted molar refractivity (Wildman–Crippen MR) is 138 cm³/mol. The number of pyridine rings is 1. The van der Waals surface area contributed by atoms with Gasteiger partial charge in [-0.05, 0) is 78.9 Å². The number of aromatic nitrogens is 1. The van der Waals surface area contributed by atoms with Gasteiger partial charge >= 0.3 is 5.97 Å². The number of anilines is 1. The van der Waals surface area contributed by atoms with Crippen molar-refractivity contribution >= 4 is 56.5 Å². The van der Waals surface area contributed by atoms with E-state index in [4.69, 9.17) is 28.2 Å². The Balaban J connectivity index is 1.61. The fourth-order valence-corrected chi connectivity index (χ4v) is 4.85. The highest BCUT2D eigenvalue weighted by molar-refractivity contribution is 9.10. The van der Waals surface area contributed by atoms with Gasteiger partial charge < -0.3 is 19.7 Å². The third-order valence-electron chi connectivity index (χ3n) is 5.60. The lowest BCUT2D eigenvalue weighted by Crippen LogP contribution is -2.29. The Morgan fingerprint density at radius 1 is 1.12 bits per heavy atom. The summed E-state index contributed by atoms with van der Waals surface area (Å²) in [6, 6.07) is 21.2. The molecule has 2 atom stereocenters. The Morgan fingerprint density at radius 3 is 2.62 bits per heavy atom. The summed E-state index contributed by atoms with van der Waals surface area (Å²) < 4.78 is 7.25. The zero-order chi connectivity index (χ0) is 23.8. The SMILES string of the molecule is O=C(O)c1ccc(Cl)c(-c2ccc([C@H]3[C@H](c4ccccn4)NC(=S)N3c3ccc(Br)cc3)o2)c1. The number of nitrogens with one attached hydrogen (secondary N) is 1. The molecular formula is C25H17BrClN3O3S. The first-order valence-electron chi connectivity index (χ1n) is 10.3. The van der Waals surface area contributed by atoms with Crippen molar-refractivity contribution < 1.29 is 14.3 Å². The molecule has 0 aliphatic carbocycles. The average Bonchev–Trinajstić information content (AvgIpc) is 3.45. The van der Waals surface area contributed by atoms with Crippen LogP contribution in [-0.4, -0.2) is 21.2 Å². The maximum absolute atomic E-state index is 11.5. The van der Waals surface area contributed by atoms with Gasteiger partial charge in [-0.1, -0.05) is 33.6 Å². The van der Waals surface area contributed by atoms with Crippen LogP contribution in [0.2, 0.25) is 5.02 Å². The van der Waals surface area contributed by atoms with E-state index in [9.17, 15) is 9.90 Å². The first-order valence-corrected chi connectivity index (χ1v) is 11.9. The van der Waals surface area contributed by atoms with E-state index in [2.05, 4.69) is 26.2 Å². The normalized spacial score (nSPS) is 17.6. The highest BCUT2D eigenvalue weighted by Gasteiger charge is 2.42. The lowest BCUT2D eigenvalue weighted by Gasteiger charge is -2.26. The summed E-state index contributed by atoms with van der Waals surface area (Å²) in [6.45, 7) is 0. The molecule has 34 heavy (non-hydrogen) atoms. The molecule has 0 bridgehead atoms. The average molecular weight is 555 g/mol. The summed E-state index contributed by atoms with van der Waals surface area (Å²) in [5.41, 5.74) is 2.35. The van der Waals surface area contributed by atoms with E-state index in [1.54, 1.807) is 18.3 Å². The van der Waals surface area contributed by atoms with Crippen LogP contribution in [0.3, 0.4) is 0 Å². The number of thiocarbonyl (C=S) groups is 1. The molecule has 5 rings (SSSR count). The van der Waals surface area contributed by atoms with Gasteiger partial charge in [-0.3, -0.25) is 4.98 Å². The van der Waals surface area contributed by atoms with Gasteiger partial charge in [0.2, 0.25) is 0 Å². The van der Waals surface area contributed by atoms with Gasteiger partial charge in [0.25, 0.3) is 0 Å². The molecule has 9 heteroatoms. The third kappa shape index (κ3) is 4.20. The van der Waals surface area contributed by atoms with E-state index in [1.165, 1.54) is 12.1 Å². The van der Waals surface area contributed by atoms with Crippen LogP contribution in [0.1, 0.15) is 33.9 Å². The molecule has 2 aromatic carbocycles. The molecule has 2 aromatic heterocycles. The summed E-state index contributed by atoms with van der Waals surface area (Å²) in [5, 5.41) is 13.7. The fraction of sp³-hybridized carbons (Fsp3) is 0.0800. The Bertz CT molecular complexity index is 1380. The first kappa shape index (κ1) is 22.6. The number of rotatable bonds is 5. The topological polar surface area (TPSA) is 78.6 Å². The Labute approximate surface area is 214 Å². The minimum atomic E-state index is -1.04. The van der Waals surface area contributed by atoms with Gasteiger partial charge in [0.15, 0.2) is 5.11 Å².